The molecule has 0 aliphatic rings. The molecule has 2 aromatic heterocycles. The van der Waals surface area contributed by atoms with Crippen LogP contribution in [-0.4, -0.2) is 57.7 Å². The number of nitrogen functional groups attached to an aromatic ring is 1. The summed E-state index contributed by atoms with van der Waals surface area (Å²) in [6, 6.07) is 3.60. The number of hydrogen-bond donors (Lipinski definition) is 3. The summed E-state index contributed by atoms with van der Waals surface area (Å²) in [7, 11) is 0. The van der Waals surface area contributed by atoms with E-state index >= 15 is 0 Å². The molecule has 0 saturated carbocycles. The lowest BCUT2D eigenvalue weighted by molar-refractivity contribution is 0.206. The molecule has 0 fully saturated rings. The van der Waals surface area contributed by atoms with E-state index in [1.807, 2.05) is 6.07 Å². The number of nitrogens with zero attached hydrogens (tertiary/aromatic N) is 4. The Kier molecular flexibility index (Phi) is 5.03. The lowest BCUT2D eigenvalue weighted by Crippen LogP contribution is -2.31. The highest BCUT2D eigenvalue weighted by Crippen LogP contribution is 2.18. The van der Waals surface area contributed by atoms with E-state index in [0.717, 1.165) is 30.8 Å². The number of likely N-dealkylation sites (N-methyl/N-ethyl adjacent to an activating group) is 1. The van der Waals surface area contributed by atoms with Crippen LogP contribution in [0.15, 0.2) is 18.5 Å². The van der Waals surface area contributed by atoms with Gasteiger partial charge in [0.15, 0.2) is 5.65 Å². The van der Waals surface area contributed by atoms with Crippen molar-refractivity contribution in [3.05, 3.63) is 18.5 Å². The molecular weight excluding hydrogens is 256 g/mol. The zero-order valence-corrected chi connectivity index (χ0v) is 11.6. The Labute approximate surface area is 117 Å². The molecule has 0 unspecified atom stereocenters. The zero-order chi connectivity index (χ0) is 14.4. The Morgan fingerprint density at radius 3 is 2.90 bits per heavy atom. The lowest BCUT2D eigenvalue weighted by atomic mass is 10.3. The minimum atomic E-state index is 0.174. The van der Waals surface area contributed by atoms with Gasteiger partial charge in [0.1, 0.15) is 18.0 Å². The fraction of sp³-hybridized carbons (Fsp3) is 0.462. The number of nitrogens with one attached hydrogen (secondary N) is 1. The molecule has 7 nitrogen and oxygen atoms in total. The van der Waals surface area contributed by atoms with Gasteiger partial charge in [0.05, 0.1) is 12.0 Å². The smallest absolute Gasteiger partial charge is 0.166 e. The maximum atomic E-state index is 8.95. The number of hydrogen-bond acceptors (Lipinski definition) is 7. The highest BCUT2D eigenvalue weighted by molar-refractivity contribution is 5.86. The van der Waals surface area contributed by atoms with Crippen molar-refractivity contribution in [2.75, 3.05) is 43.8 Å². The fourth-order valence-electron chi connectivity index (χ4n) is 2.00. The number of nitrogens with two attached hydrogens (primary N) is 1. The van der Waals surface area contributed by atoms with Crippen molar-refractivity contribution >= 4 is 22.7 Å². The van der Waals surface area contributed by atoms with Crippen LogP contribution in [-0.2, 0) is 0 Å². The molecule has 4 N–H and O–H groups in total. The maximum absolute atomic E-state index is 8.95. The molecule has 0 aliphatic carbocycles. The molecule has 0 aliphatic heterocycles. The summed E-state index contributed by atoms with van der Waals surface area (Å²) in [5.41, 5.74) is 6.23. The average molecular weight is 276 g/mol. The third-order valence-electron chi connectivity index (χ3n) is 3.10. The monoisotopic (exact) mass is 276 g/mol. The van der Waals surface area contributed by atoms with Gasteiger partial charge in [-0.3, -0.25) is 4.90 Å². The first-order valence-electron chi connectivity index (χ1n) is 6.69. The molecular formula is C13H20N6O. The molecule has 20 heavy (non-hydrogen) atoms. The minimum Gasteiger partial charge on any atom is -0.395 e. The number of anilines is 2. The second kappa shape index (κ2) is 6.97. The minimum absolute atomic E-state index is 0.174. The van der Waals surface area contributed by atoms with E-state index in [1.165, 1.54) is 6.33 Å². The van der Waals surface area contributed by atoms with Crippen LogP contribution < -0.4 is 11.1 Å². The molecule has 0 atom stereocenters. The number of pyridine rings is 1. The third kappa shape index (κ3) is 3.52. The van der Waals surface area contributed by atoms with Crippen molar-refractivity contribution < 1.29 is 5.11 Å². The highest BCUT2D eigenvalue weighted by atomic mass is 16.3. The lowest BCUT2D eigenvalue weighted by Gasteiger charge is -2.19. The molecule has 7 heteroatoms. The largest absolute Gasteiger partial charge is 0.395 e. The summed E-state index contributed by atoms with van der Waals surface area (Å²) in [4.78, 5) is 14.7. The van der Waals surface area contributed by atoms with Crippen LogP contribution in [0.3, 0.4) is 0 Å². The number of aromatic nitrogens is 3. The summed E-state index contributed by atoms with van der Waals surface area (Å²) in [6.07, 6.45) is 1.47. The van der Waals surface area contributed by atoms with Crippen molar-refractivity contribution in [1.29, 1.82) is 0 Å². The summed E-state index contributed by atoms with van der Waals surface area (Å²) in [6.45, 7) is 5.41. The molecule has 0 bridgehead atoms. The predicted octanol–water partition coefficient (Wildman–Crippen LogP) is 0.333. The van der Waals surface area contributed by atoms with Gasteiger partial charge < -0.3 is 16.2 Å². The Hall–Kier alpha value is -1.99. The zero-order valence-electron chi connectivity index (χ0n) is 11.6. The topological polar surface area (TPSA) is 100 Å². The first-order valence-corrected chi connectivity index (χ1v) is 6.69. The van der Waals surface area contributed by atoms with Gasteiger partial charge in [-0.15, -0.1) is 0 Å². The first kappa shape index (κ1) is 14.4. The van der Waals surface area contributed by atoms with Crippen LogP contribution in [0.25, 0.3) is 11.0 Å². The number of aliphatic hydroxyl groups is 1. The van der Waals surface area contributed by atoms with E-state index in [4.69, 9.17) is 10.8 Å². The Bertz CT molecular complexity index is 562. The van der Waals surface area contributed by atoms with E-state index in [0.29, 0.717) is 18.0 Å². The number of fused-ring (bicyclic) bond motifs is 1. The maximum Gasteiger partial charge on any atom is 0.166 e. The molecule has 108 valence electrons. The van der Waals surface area contributed by atoms with Gasteiger partial charge in [-0.05, 0) is 18.7 Å². The average Bonchev–Trinajstić information content (AvgIpc) is 2.46. The van der Waals surface area contributed by atoms with Crippen molar-refractivity contribution in [1.82, 2.24) is 19.9 Å². The standard InChI is InChI=1S/C13H20N6O/c1-2-19(7-8-20)6-5-15-12-10-3-4-11(14)18-13(10)17-9-16-12/h3-4,9,20H,2,5-8H2,1H3,(H3,14,15,16,17,18). The van der Waals surface area contributed by atoms with Gasteiger partial charge in [-0.2, -0.15) is 0 Å². The van der Waals surface area contributed by atoms with E-state index in [-0.39, 0.29) is 6.61 Å². The van der Waals surface area contributed by atoms with Gasteiger partial charge in [0.2, 0.25) is 0 Å². The summed E-state index contributed by atoms with van der Waals surface area (Å²) < 4.78 is 0. The molecule has 2 heterocycles. The summed E-state index contributed by atoms with van der Waals surface area (Å²) in [5, 5.41) is 13.1. The highest BCUT2D eigenvalue weighted by Gasteiger charge is 2.06. The molecule has 0 amide bonds. The quantitative estimate of drug-likeness (QED) is 0.670. The molecule has 2 aromatic rings. The van der Waals surface area contributed by atoms with Gasteiger partial charge >= 0.3 is 0 Å². The van der Waals surface area contributed by atoms with Gasteiger partial charge in [-0.25, -0.2) is 15.0 Å². The van der Waals surface area contributed by atoms with E-state index in [9.17, 15) is 0 Å². The van der Waals surface area contributed by atoms with Crippen LogP contribution in [0.1, 0.15) is 6.92 Å². The van der Waals surface area contributed by atoms with Crippen molar-refractivity contribution in [3.63, 3.8) is 0 Å². The molecule has 0 radical (unpaired) electrons. The third-order valence-corrected chi connectivity index (χ3v) is 3.10. The second-order valence-electron chi connectivity index (χ2n) is 4.41. The van der Waals surface area contributed by atoms with Crippen molar-refractivity contribution in [2.45, 2.75) is 6.92 Å². The Balaban J connectivity index is 2.03. The second-order valence-corrected chi connectivity index (χ2v) is 4.41. The van der Waals surface area contributed by atoms with Crippen LogP contribution in [0.4, 0.5) is 11.6 Å². The predicted molar refractivity (Wildman–Crippen MR) is 79.4 cm³/mol. The summed E-state index contributed by atoms with van der Waals surface area (Å²) in [5.74, 6) is 1.20. The van der Waals surface area contributed by atoms with E-state index in [1.54, 1.807) is 6.07 Å². The van der Waals surface area contributed by atoms with Crippen LogP contribution in [0.5, 0.6) is 0 Å². The summed E-state index contributed by atoms with van der Waals surface area (Å²) >= 11 is 0. The van der Waals surface area contributed by atoms with Crippen LogP contribution in [0.2, 0.25) is 0 Å². The first-order chi connectivity index (χ1) is 9.74. The molecule has 0 spiro atoms. The van der Waals surface area contributed by atoms with Gasteiger partial charge in [0.25, 0.3) is 0 Å². The Morgan fingerprint density at radius 1 is 1.30 bits per heavy atom. The normalized spacial score (nSPS) is 11.2. The number of aliphatic hydroxyl groups excluding tert-OH is 1. The molecule has 0 aromatic carbocycles. The van der Waals surface area contributed by atoms with Crippen LogP contribution >= 0.6 is 0 Å². The fourth-order valence-corrected chi connectivity index (χ4v) is 2.00. The molecule has 2 rings (SSSR count). The Morgan fingerprint density at radius 2 is 2.15 bits per heavy atom. The van der Waals surface area contributed by atoms with E-state index < -0.39 is 0 Å². The number of rotatable bonds is 7. The van der Waals surface area contributed by atoms with Crippen molar-refractivity contribution in [3.8, 4) is 0 Å². The molecule has 0 saturated heterocycles. The van der Waals surface area contributed by atoms with Gasteiger partial charge in [0, 0.05) is 19.6 Å². The van der Waals surface area contributed by atoms with Crippen molar-refractivity contribution in [2.24, 2.45) is 0 Å². The van der Waals surface area contributed by atoms with Crippen LogP contribution in [0, 0.1) is 0 Å². The SMILES string of the molecule is CCN(CCO)CCNc1ncnc2nc(N)ccc12. The van der Waals surface area contributed by atoms with E-state index in [2.05, 4.69) is 32.1 Å². The van der Waals surface area contributed by atoms with Gasteiger partial charge in [-0.1, -0.05) is 6.92 Å².